The lowest BCUT2D eigenvalue weighted by molar-refractivity contribution is -0.137. The van der Waals surface area contributed by atoms with E-state index in [1.165, 1.54) is 19.2 Å². The van der Waals surface area contributed by atoms with Gasteiger partial charge in [-0.2, -0.15) is 5.10 Å². The second-order valence-corrected chi connectivity index (χ2v) is 4.24. The number of hydrogen-bond donors (Lipinski definition) is 2. The Hall–Kier alpha value is -2.18. The molecule has 1 amide bonds. The van der Waals surface area contributed by atoms with Crippen molar-refractivity contribution in [2.75, 3.05) is 0 Å². The molecule has 1 atom stereocenters. The number of nitrogens with one attached hydrogen (secondary N) is 1. The Morgan fingerprint density at radius 3 is 2.68 bits per heavy atom. The Morgan fingerprint density at radius 2 is 2.16 bits per heavy atom. The van der Waals surface area contributed by atoms with Crippen LogP contribution in [0.5, 0.6) is 0 Å². The molecule has 0 aliphatic carbocycles. The molecule has 104 valence electrons. The van der Waals surface area contributed by atoms with Gasteiger partial charge in [0.05, 0.1) is 6.42 Å². The molecule has 0 spiro atoms. The van der Waals surface area contributed by atoms with Gasteiger partial charge in [0.15, 0.2) is 0 Å². The Kier molecular flexibility index (Phi) is 5.23. The molecular weight excluding hydrogens is 250 g/mol. The van der Waals surface area contributed by atoms with Crippen LogP contribution in [-0.4, -0.2) is 32.8 Å². The third-order valence-corrected chi connectivity index (χ3v) is 2.59. The van der Waals surface area contributed by atoms with Gasteiger partial charge in [-0.05, 0) is 12.5 Å². The van der Waals surface area contributed by atoms with E-state index in [1.54, 1.807) is 0 Å². The predicted octanol–water partition coefficient (Wildman–Crippen LogP) is 0.153. The summed E-state index contributed by atoms with van der Waals surface area (Å²) in [6, 6.07) is 2.13. The lowest BCUT2D eigenvalue weighted by atomic mass is 10.1. The molecule has 19 heavy (non-hydrogen) atoms. The topological polar surface area (TPSA) is 101 Å². The molecule has 7 heteroatoms. The molecule has 1 unspecified atom stereocenters. The first-order valence-electron chi connectivity index (χ1n) is 6.01. The first kappa shape index (κ1) is 14.9. The molecule has 0 saturated heterocycles. The molecule has 2 N–H and O–H groups in total. The van der Waals surface area contributed by atoms with Crippen molar-refractivity contribution in [1.29, 1.82) is 0 Å². The van der Waals surface area contributed by atoms with E-state index in [-0.39, 0.29) is 17.7 Å². The molecule has 0 aromatic carbocycles. The lowest BCUT2D eigenvalue weighted by Gasteiger charge is -2.15. The van der Waals surface area contributed by atoms with Crippen LogP contribution >= 0.6 is 0 Å². The fourth-order valence-corrected chi connectivity index (χ4v) is 1.67. The van der Waals surface area contributed by atoms with Crippen LogP contribution in [0.2, 0.25) is 0 Å². The van der Waals surface area contributed by atoms with Crippen LogP contribution in [0.3, 0.4) is 0 Å². The normalized spacial score (nSPS) is 11.9. The summed E-state index contributed by atoms with van der Waals surface area (Å²) < 4.78 is 1.06. The lowest BCUT2D eigenvalue weighted by Crippen LogP contribution is -2.37. The maximum atomic E-state index is 11.9. The van der Waals surface area contributed by atoms with E-state index in [1.807, 2.05) is 6.92 Å². The number of carbonyl (C=O) groups is 2. The maximum absolute atomic E-state index is 11.9. The van der Waals surface area contributed by atoms with Crippen LogP contribution in [0, 0.1) is 0 Å². The van der Waals surface area contributed by atoms with E-state index < -0.39 is 17.9 Å². The molecular formula is C12H17N3O4. The average Bonchev–Trinajstić information content (AvgIpc) is 2.32. The van der Waals surface area contributed by atoms with Gasteiger partial charge in [0.25, 0.3) is 11.5 Å². The molecule has 1 heterocycles. The van der Waals surface area contributed by atoms with Gasteiger partial charge in [0, 0.05) is 19.2 Å². The molecule has 0 bridgehead atoms. The van der Waals surface area contributed by atoms with Crippen molar-refractivity contribution in [1.82, 2.24) is 15.1 Å². The van der Waals surface area contributed by atoms with E-state index in [4.69, 9.17) is 5.11 Å². The minimum atomic E-state index is -0.966. The first-order valence-corrected chi connectivity index (χ1v) is 6.01. The van der Waals surface area contributed by atoms with Crippen molar-refractivity contribution in [3.63, 3.8) is 0 Å². The van der Waals surface area contributed by atoms with Crippen molar-refractivity contribution in [2.24, 2.45) is 7.05 Å². The van der Waals surface area contributed by atoms with Crippen molar-refractivity contribution in [3.05, 3.63) is 28.2 Å². The van der Waals surface area contributed by atoms with Gasteiger partial charge >= 0.3 is 5.97 Å². The summed E-state index contributed by atoms with van der Waals surface area (Å²) in [6.07, 6.45) is 1.20. The zero-order chi connectivity index (χ0) is 14.4. The SMILES string of the molecule is CCCC(CC(=O)O)NC(=O)c1ccc(=O)n(C)n1. The molecule has 7 nitrogen and oxygen atoms in total. The summed E-state index contributed by atoms with van der Waals surface area (Å²) in [6.45, 7) is 1.91. The highest BCUT2D eigenvalue weighted by atomic mass is 16.4. The molecule has 0 radical (unpaired) electrons. The number of aromatic nitrogens is 2. The Labute approximate surface area is 110 Å². The second kappa shape index (κ2) is 6.67. The number of aliphatic carboxylic acids is 1. The van der Waals surface area contributed by atoms with Crippen molar-refractivity contribution in [2.45, 2.75) is 32.2 Å². The van der Waals surface area contributed by atoms with E-state index in [0.717, 1.165) is 11.1 Å². The minimum Gasteiger partial charge on any atom is -0.481 e. The Morgan fingerprint density at radius 1 is 1.47 bits per heavy atom. The monoisotopic (exact) mass is 267 g/mol. The number of nitrogens with zero attached hydrogens (tertiary/aromatic N) is 2. The standard InChI is InChI=1S/C12H17N3O4/c1-3-4-8(7-11(17)18)13-12(19)9-5-6-10(16)15(2)14-9/h5-6,8H,3-4,7H2,1-2H3,(H,13,19)(H,17,18). The maximum Gasteiger partial charge on any atom is 0.305 e. The number of carboxylic acid groups (broad SMARTS) is 1. The quantitative estimate of drug-likeness (QED) is 0.764. The largest absolute Gasteiger partial charge is 0.481 e. The minimum absolute atomic E-state index is 0.0913. The highest BCUT2D eigenvalue weighted by molar-refractivity contribution is 5.92. The van der Waals surface area contributed by atoms with Crippen molar-refractivity contribution < 1.29 is 14.7 Å². The Bertz CT molecular complexity index is 524. The van der Waals surface area contributed by atoms with E-state index in [2.05, 4.69) is 10.4 Å². The highest BCUT2D eigenvalue weighted by Crippen LogP contribution is 2.03. The van der Waals surface area contributed by atoms with E-state index >= 15 is 0 Å². The third-order valence-electron chi connectivity index (χ3n) is 2.59. The molecule has 0 saturated carbocycles. The van der Waals surface area contributed by atoms with Crippen LogP contribution in [0.4, 0.5) is 0 Å². The molecule has 0 aliphatic heterocycles. The third kappa shape index (κ3) is 4.53. The molecule has 0 aliphatic rings. The van der Waals surface area contributed by atoms with E-state index in [9.17, 15) is 14.4 Å². The fourth-order valence-electron chi connectivity index (χ4n) is 1.67. The zero-order valence-electron chi connectivity index (χ0n) is 10.9. The van der Waals surface area contributed by atoms with Gasteiger partial charge < -0.3 is 10.4 Å². The fraction of sp³-hybridized carbons (Fsp3) is 0.500. The average molecular weight is 267 g/mol. The predicted molar refractivity (Wildman–Crippen MR) is 67.9 cm³/mol. The van der Waals surface area contributed by atoms with Crippen LogP contribution in [0.25, 0.3) is 0 Å². The molecule has 0 fully saturated rings. The molecule has 1 rings (SSSR count). The van der Waals surface area contributed by atoms with Gasteiger partial charge in [-0.3, -0.25) is 14.4 Å². The van der Waals surface area contributed by atoms with Crippen LogP contribution < -0.4 is 10.9 Å². The molecule has 1 aromatic heterocycles. The van der Waals surface area contributed by atoms with Gasteiger partial charge in [-0.1, -0.05) is 13.3 Å². The van der Waals surface area contributed by atoms with Crippen LogP contribution in [0.15, 0.2) is 16.9 Å². The number of rotatable bonds is 6. The van der Waals surface area contributed by atoms with Crippen molar-refractivity contribution in [3.8, 4) is 0 Å². The zero-order valence-corrected chi connectivity index (χ0v) is 10.9. The number of carboxylic acids is 1. The second-order valence-electron chi connectivity index (χ2n) is 4.24. The Balaban J connectivity index is 2.78. The number of carbonyl (C=O) groups excluding carboxylic acids is 1. The van der Waals surface area contributed by atoms with Crippen molar-refractivity contribution >= 4 is 11.9 Å². The van der Waals surface area contributed by atoms with Gasteiger partial charge in [-0.25, -0.2) is 4.68 Å². The summed E-state index contributed by atoms with van der Waals surface area (Å²) in [5.74, 6) is -1.44. The summed E-state index contributed by atoms with van der Waals surface area (Å²) in [4.78, 5) is 33.7. The smallest absolute Gasteiger partial charge is 0.305 e. The van der Waals surface area contributed by atoms with Crippen LogP contribution in [0.1, 0.15) is 36.7 Å². The van der Waals surface area contributed by atoms with Gasteiger partial charge in [0.2, 0.25) is 0 Å². The van der Waals surface area contributed by atoms with Gasteiger partial charge in [-0.15, -0.1) is 0 Å². The van der Waals surface area contributed by atoms with Crippen LogP contribution in [-0.2, 0) is 11.8 Å². The van der Waals surface area contributed by atoms with E-state index in [0.29, 0.717) is 6.42 Å². The summed E-state index contributed by atoms with van der Waals surface area (Å²) in [5.41, 5.74) is -0.221. The molecule has 1 aromatic rings. The first-order chi connectivity index (χ1) is 8.93. The number of amides is 1. The summed E-state index contributed by atoms with van der Waals surface area (Å²) in [7, 11) is 1.44. The number of aryl methyl sites for hydroxylation is 1. The summed E-state index contributed by atoms with van der Waals surface area (Å²) >= 11 is 0. The van der Waals surface area contributed by atoms with Gasteiger partial charge in [0.1, 0.15) is 5.69 Å². The highest BCUT2D eigenvalue weighted by Gasteiger charge is 2.17. The number of hydrogen-bond acceptors (Lipinski definition) is 4. The summed E-state index contributed by atoms with van der Waals surface area (Å²) in [5, 5.41) is 15.2.